The van der Waals surface area contributed by atoms with Crippen molar-refractivity contribution in [2.75, 3.05) is 5.75 Å². The molecule has 0 aliphatic carbocycles. The second kappa shape index (κ2) is 7.56. The van der Waals surface area contributed by atoms with E-state index in [1.807, 2.05) is 23.7 Å². The van der Waals surface area contributed by atoms with Crippen molar-refractivity contribution in [2.45, 2.75) is 11.4 Å². The summed E-state index contributed by atoms with van der Waals surface area (Å²) in [6.45, 7) is 0. The summed E-state index contributed by atoms with van der Waals surface area (Å²) in [5, 5.41) is 9.36. The van der Waals surface area contributed by atoms with Crippen LogP contribution in [0.1, 0.15) is 5.56 Å². The molecule has 0 fully saturated rings. The Labute approximate surface area is 116 Å². The van der Waals surface area contributed by atoms with Crippen LogP contribution in [-0.4, -0.2) is 22.3 Å². The van der Waals surface area contributed by atoms with Crippen LogP contribution in [0.5, 0.6) is 0 Å². The molecule has 0 aliphatic rings. The zero-order valence-electron chi connectivity index (χ0n) is 10.4. The fourth-order valence-corrected chi connectivity index (χ4v) is 2.39. The van der Waals surface area contributed by atoms with Crippen molar-refractivity contribution in [3.8, 4) is 0 Å². The molecule has 2 aromatic rings. The van der Waals surface area contributed by atoms with Crippen molar-refractivity contribution in [1.82, 2.24) is 10.5 Å². The van der Waals surface area contributed by atoms with E-state index in [0.717, 1.165) is 17.2 Å². The molecule has 0 unspecified atom stereocenters. The molecule has 1 heterocycles. The minimum Gasteiger partial charge on any atom is -0.290 e. The van der Waals surface area contributed by atoms with Crippen LogP contribution < -0.4 is 5.48 Å². The summed E-state index contributed by atoms with van der Waals surface area (Å²) in [6, 6.07) is 14.2. The number of aromatic nitrogens is 1. The van der Waals surface area contributed by atoms with Crippen molar-refractivity contribution in [1.29, 1.82) is 0 Å². The minimum absolute atomic E-state index is 0.703. The quantitative estimate of drug-likeness (QED) is 0.367. The number of thioether (sulfide) groups is 1. The van der Waals surface area contributed by atoms with Crippen molar-refractivity contribution in [3.63, 3.8) is 0 Å². The van der Waals surface area contributed by atoms with Gasteiger partial charge in [0.1, 0.15) is 6.34 Å². The van der Waals surface area contributed by atoms with Gasteiger partial charge in [0.05, 0.1) is 16.9 Å². The third-order valence-electron chi connectivity index (χ3n) is 2.48. The lowest BCUT2D eigenvalue weighted by molar-refractivity contribution is 0.240. The van der Waals surface area contributed by atoms with E-state index in [9.17, 15) is 0 Å². The van der Waals surface area contributed by atoms with E-state index in [2.05, 4.69) is 34.2 Å². The van der Waals surface area contributed by atoms with Gasteiger partial charge in [0, 0.05) is 5.75 Å². The normalized spacial score (nSPS) is 10.8. The van der Waals surface area contributed by atoms with E-state index in [-0.39, 0.29) is 0 Å². The van der Waals surface area contributed by atoms with Gasteiger partial charge in [-0.2, -0.15) is 0 Å². The first-order valence-corrected chi connectivity index (χ1v) is 6.92. The van der Waals surface area contributed by atoms with Crippen LogP contribution in [0, 0.1) is 0 Å². The molecule has 1 aromatic heterocycles. The summed E-state index contributed by atoms with van der Waals surface area (Å²) in [7, 11) is 0. The van der Waals surface area contributed by atoms with Crippen molar-refractivity contribution >= 4 is 23.8 Å². The van der Waals surface area contributed by atoms with Gasteiger partial charge in [0.2, 0.25) is 0 Å². The highest BCUT2D eigenvalue weighted by Gasteiger charge is 1.97. The predicted molar refractivity (Wildman–Crippen MR) is 78.2 cm³/mol. The predicted octanol–water partition coefficient (Wildman–Crippen LogP) is 3.06. The maximum atomic E-state index is 8.38. The van der Waals surface area contributed by atoms with Crippen LogP contribution >= 0.6 is 11.8 Å². The van der Waals surface area contributed by atoms with Crippen LogP contribution in [-0.2, 0) is 6.42 Å². The number of hydrogen-bond acceptors (Lipinski definition) is 4. The number of aryl methyl sites for hydroxylation is 1. The molecular weight excluding hydrogens is 258 g/mol. The lowest BCUT2D eigenvalue weighted by atomic mass is 10.2. The average Bonchev–Trinajstić information content (AvgIpc) is 2.47. The highest BCUT2D eigenvalue weighted by Crippen LogP contribution is 2.19. The zero-order chi connectivity index (χ0) is 13.3. The smallest absolute Gasteiger partial charge is 0.113 e. The standard InChI is InChI=1S/C14H15N3OS/c18-17-11-16-13-6-7-14(15-10-13)19-9-8-12-4-2-1-3-5-12/h1-7,10-11,18H,8-9H2,(H,16,17). The maximum Gasteiger partial charge on any atom is 0.113 e. The summed E-state index contributed by atoms with van der Waals surface area (Å²) in [4.78, 5) is 8.24. The van der Waals surface area contributed by atoms with Gasteiger partial charge in [0.15, 0.2) is 0 Å². The Bertz CT molecular complexity index is 514. The second-order valence-electron chi connectivity index (χ2n) is 3.83. The largest absolute Gasteiger partial charge is 0.290 e. The summed E-state index contributed by atoms with van der Waals surface area (Å²) < 4.78 is 0. The number of hydrogen-bond donors (Lipinski definition) is 2. The van der Waals surface area contributed by atoms with E-state index in [0.29, 0.717) is 5.69 Å². The SMILES string of the molecule is ONC=Nc1ccc(SCCc2ccccc2)nc1. The summed E-state index contributed by atoms with van der Waals surface area (Å²) in [5.74, 6) is 0.998. The van der Waals surface area contributed by atoms with Gasteiger partial charge in [-0.15, -0.1) is 11.8 Å². The molecule has 0 saturated heterocycles. The zero-order valence-corrected chi connectivity index (χ0v) is 11.2. The first-order chi connectivity index (χ1) is 9.38. The van der Waals surface area contributed by atoms with Crippen molar-refractivity contribution in [2.24, 2.45) is 4.99 Å². The van der Waals surface area contributed by atoms with Crippen LogP contribution in [0.25, 0.3) is 0 Å². The Hall–Kier alpha value is -1.85. The number of benzene rings is 1. The molecule has 2 N–H and O–H groups in total. The summed E-state index contributed by atoms with van der Waals surface area (Å²) >= 11 is 1.72. The Balaban J connectivity index is 1.81. The van der Waals surface area contributed by atoms with Crippen LogP contribution in [0.2, 0.25) is 0 Å². The second-order valence-corrected chi connectivity index (χ2v) is 4.94. The molecule has 0 amide bonds. The molecule has 19 heavy (non-hydrogen) atoms. The number of pyridine rings is 1. The minimum atomic E-state index is 0.703. The highest BCUT2D eigenvalue weighted by atomic mass is 32.2. The van der Waals surface area contributed by atoms with Crippen LogP contribution in [0.3, 0.4) is 0 Å². The van der Waals surface area contributed by atoms with Crippen molar-refractivity contribution in [3.05, 3.63) is 54.2 Å². The Kier molecular flexibility index (Phi) is 5.40. The summed E-state index contributed by atoms with van der Waals surface area (Å²) in [6.07, 6.45) is 3.92. The van der Waals surface area contributed by atoms with Crippen molar-refractivity contribution < 1.29 is 5.21 Å². The molecule has 0 radical (unpaired) electrons. The molecule has 2 rings (SSSR count). The lowest BCUT2D eigenvalue weighted by Crippen LogP contribution is -2.00. The van der Waals surface area contributed by atoms with Gasteiger partial charge in [-0.05, 0) is 24.1 Å². The molecule has 5 heteroatoms. The molecular formula is C14H15N3OS. The molecule has 0 aliphatic heterocycles. The molecule has 0 atom stereocenters. The number of hydroxylamine groups is 1. The summed E-state index contributed by atoms with van der Waals surface area (Å²) in [5.41, 5.74) is 3.90. The maximum absolute atomic E-state index is 8.38. The molecule has 0 bridgehead atoms. The van der Waals surface area contributed by atoms with Gasteiger partial charge >= 0.3 is 0 Å². The van der Waals surface area contributed by atoms with Gasteiger partial charge in [-0.3, -0.25) is 10.7 Å². The van der Waals surface area contributed by atoms with E-state index >= 15 is 0 Å². The molecule has 1 aromatic carbocycles. The van der Waals surface area contributed by atoms with Gasteiger partial charge < -0.3 is 0 Å². The third kappa shape index (κ3) is 4.73. The number of aliphatic imine (C=N–C) groups is 1. The van der Waals surface area contributed by atoms with E-state index < -0.39 is 0 Å². The molecule has 98 valence electrons. The Morgan fingerprint density at radius 1 is 1.21 bits per heavy atom. The van der Waals surface area contributed by atoms with Crippen LogP contribution in [0.4, 0.5) is 5.69 Å². The van der Waals surface area contributed by atoms with E-state index in [4.69, 9.17) is 5.21 Å². The molecule has 0 saturated carbocycles. The van der Waals surface area contributed by atoms with Crippen LogP contribution in [0.15, 0.2) is 58.7 Å². The monoisotopic (exact) mass is 273 g/mol. The number of rotatable bonds is 6. The fraction of sp³-hybridized carbons (Fsp3) is 0.143. The number of nitrogens with zero attached hydrogens (tertiary/aromatic N) is 2. The highest BCUT2D eigenvalue weighted by molar-refractivity contribution is 7.99. The Morgan fingerprint density at radius 2 is 2.05 bits per heavy atom. The lowest BCUT2D eigenvalue weighted by Gasteiger charge is -2.02. The number of nitrogens with one attached hydrogen (secondary N) is 1. The topological polar surface area (TPSA) is 57.5 Å². The fourth-order valence-electron chi connectivity index (χ4n) is 1.56. The Morgan fingerprint density at radius 3 is 2.74 bits per heavy atom. The molecule has 0 spiro atoms. The third-order valence-corrected chi connectivity index (χ3v) is 3.42. The van der Waals surface area contributed by atoms with E-state index in [1.54, 1.807) is 18.0 Å². The average molecular weight is 273 g/mol. The first kappa shape index (κ1) is 13.6. The first-order valence-electron chi connectivity index (χ1n) is 5.93. The van der Waals surface area contributed by atoms with Gasteiger partial charge in [0.25, 0.3) is 0 Å². The van der Waals surface area contributed by atoms with E-state index in [1.165, 1.54) is 11.9 Å². The van der Waals surface area contributed by atoms with Gasteiger partial charge in [-0.25, -0.2) is 9.98 Å². The van der Waals surface area contributed by atoms with Gasteiger partial charge in [-0.1, -0.05) is 30.3 Å². The molecule has 4 nitrogen and oxygen atoms in total.